The van der Waals surface area contributed by atoms with Gasteiger partial charge in [0.25, 0.3) is 0 Å². The van der Waals surface area contributed by atoms with Gasteiger partial charge in [-0.05, 0) is 36.6 Å². The molecule has 2 rings (SSSR count). The second kappa shape index (κ2) is 5.73. The minimum Gasteiger partial charge on any atom is -0.481 e. The second-order valence-electron chi connectivity index (χ2n) is 4.86. The first-order valence-electron chi connectivity index (χ1n) is 6.37. The lowest BCUT2D eigenvalue weighted by molar-refractivity contribution is -0.136. The monoisotopic (exact) mass is 276 g/mol. The van der Waals surface area contributed by atoms with Crippen molar-refractivity contribution >= 4 is 23.5 Å². The number of nitrogens with one attached hydrogen (secondary N) is 2. The Morgan fingerprint density at radius 1 is 1.45 bits per heavy atom. The first kappa shape index (κ1) is 14.0. The molecule has 1 aromatic carbocycles. The van der Waals surface area contributed by atoms with Crippen molar-refractivity contribution in [2.24, 2.45) is 0 Å². The van der Waals surface area contributed by atoms with Crippen molar-refractivity contribution in [2.45, 2.75) is 32.2 Å². The van der Waals surface area contributed by atoms with Crippen LogP contribution in [0.5, 0.6) is 0 Å². The summed E-state index contributed by atoms with van der Waals surface area (Å²) < 4.78 is 0. The number of piperidine rings is 1. The number of hydrogen-bond acceptors (Lipinski definition) is 4. The molecule has 0 bridgehead atoms. The third-order valence-electron chi connectivity index (χ3n) is 3.26. The number of imide groups is 1. The molecule has 1 fully saturated rings. The van der Waals surface area contributed by atoms with Gasteiger partial charge in [-0.2, -0.15) is 0 Å². The fourth-order valence-corrected chi connectivity index (χ4v) is 2.18. The molecule has 1 aliphatic rings. The van der Waals surface area contributed by atoms with E-state index in [1.165, 1.54) is 0 Å². The zero-order valence-electron chi connectivity index (χ0n) is 11.1. The Balaban J connectivity index is 2.07. The van der Waals surface area contributed by atoms with Crippen LogP contribution < -0.4 is 10.6 Å². The van der Waals surface area contributed by atoms with Crippen LogP contribution in [0.15, 0.2) is 18.2 Å². The number of benzene rings is 1. The molecule has 1 aliphatic heterocycles. The highest BCUT2D eigenvalue weighted by atomic mass is 16.4. The van der Waals surface area contributed by atoms with Gasteiger partial charge in [0, 0.05) is 12.1 Å². The normalized spacial score (nSPS) is 18.6. The van der Waals surface area contributed by atoms with E-state index < -0.39 is 12.0 Å². The molecule has 1 aromatic rings. The third kappa shape index (κ3) is 3.34. The standard InChI is InChI=1S/C14H16N2O4/c1-8-6-10(3-2-9(8)7-13(18)19)15-11-4-5-12(17)16-14(11)20/h2-3,6,11,15H,4-5,7H2,1H3,(H,18,19)(H,16,17,20)/t11-/m1/s1. The van der Waals surface area contributed by atoms with Gasteiger partial charge in [0.05, 0.1) is 6.42 Å². The average molecular weight is 276 g/mol. The molecule has 0 aromatic heterocycles. The molecule has 0 radical (unpaired) electrons. The topological polar surface area (TPSA) is 95.5 Å². The van der Waals surface area contributed by atoms with E-state index in [4.69, 9.17) is 5.11 Å². The first-order chi connectivity index (χ1) is 9.45. The minimum absolute atomic E-state index is 0.0233. The Bertz CT molecular complexity index is 568. The molecular weight excluding hydrogens is 260 g/mol. The number of carboxylic acids is 1. The van der Waals surface area contributed by atoms with Crippen molar-refractivity contribution in [2.75, 3.05) is 5.32 Å². The molecule has 0 unspecified atom stereocenters. The maximum atomic E-state index is 11.6. The Kier molecular flexibility index (Phi) is 4.02. The predicted octanol–water partition coefficient (Wildman–Crippen LogP) is 0.839. The van der Waals surface area contributed by atoms with Gasteiger partial charge in [-0.1, -0.05) is 6.07 Å². The average Bonchev–Trinajstić information content (AvgIpc) is 2.36. The Labute approximate surface area is 116 Å². The van der Waals surface area contributed by atoms with Gasteiger partial charge in [-0.3, -0.25) is 19.7 Å². The summed E-state index contributed by atoms with van der Waals surface area (Å²) in [4.78, 5) is 33.4. The summed E-state index contributed by atoms with van der Waals surface area (Å²) in [5, 5.41) is 14.1. The molecule has 1 heterocycles. The van der Waals surface area contributed by atoms with Crippen LogP contribution in [-0.2, 0) is 20.8 Å². The SMILES string of the molecule is Cc1cc(N[C@@H]2CCC(=O)NC2=O)ccc1CC(=O)O. The highest BCUT2D eigenvalue weighted by molar-refractivity contribution is 6.01. The number of aliphatic carboxylic acids is 1. The van der Waals surface area contributed by atoms with Crippen molar-refractivity contribution in [1.29, 1.82) is 0 Å². The number of rotatable bonds is 4. The number of carbonyl (C=O) groups excluding carboxylic acids is 2. The van der Waals surface area contributed by atoms with Crippen molar-refractivity contribution in [3.05, 3.63) is 29.3 Å². The predicted molar refractivity (Wildman–Crippen MR) is 72.3 cm³/mol. The van der Waals surface area contributed by atoms with E-state index in [1.54, 1.807) is 12.1 Å². The number of hydrogen-bond donors (Lipinski definition) is 3. The summed E-state index contributed by atoms with van der Waals surface area (Å²) in [7, 11) is 0. The lowest BCUT2D eigenvalue weighted by Crippen LogP contribution is -2.47. The van der Waals surface area contributed by atoms with Gasteiger partial charge in [0.1, 0.15) is 6.04 Å². The smallest absolute Gasteiger partial charge is 0.307 e. The first-order valence-corrected chi connectivity index (χ1v) is 6.37. The largest absolute Gasteiger partial charge is 0.481 e. The van der Waals surface area contributed by atoms with E-state index in [-0.39, 0.29) is 18.2 Å². The van der Waals surface area contributed by atoms with Crippen LogP contribution in [0.1, 0.15) is 24.0 Å². The fraction of sp³-hybridized carbons (Fsp3) is 0.357. The molecule has 2 amide bonds. The van der Waals surface area contributed by atoms with Crippen molar-refractivity contribution in [1.82, 2.24) is 5.32 Å². The molecule has 6 heteroatoms. The highest BCUT2D eigenvalue weighted by Crippen LogP contribution is 2.18. The van der Waals surface area contributed by atoms with E-state index in [2.05, 4.69) is 10.6 Å². The van der Waals surface area contributed by atoms with Crippen molar-refractivity contribution in [3.8, 4) is 0 Å². The maximum Gasteiger partial charge on any atom is 0.307 e. The number of aryl methyl sites for hydroxylation is 1. The van der Waals surface area contributed by atoms with Crippen LogP contribution >= 0.6 is 0 Å². The molecular formula is C14H16N2O4. The van der Waals surface area contributed by atoms with E-state index in [0.717, 1.165) is 16.8 Å². The number of carbonyl (C=O) groups is 3. The van der Waals surface area contributed by atoms with Gasteiger partial charge in [-0.25, -0.2) is 0 Å². The summed E-state index contributed by atoms with van der Waals surface area (Å²) in [6.07, 6.45) is 0.755. The summed E-state index contributed by atoms with van der Waals surface area (Å²) >= 11 is 0. The Hall–Kier alpha value is -2.37. The van der Waals surface area contributed by atoms with Crippen LogP contribution in [0.3, 0.4) is 0 Å². The molecule has 0 spiro atoms. The lowest BCUT2D eigenvalue weighted by Gasteiger charge is -2.23. The summed E-state index contributed by atoms with van der Waals surface area (Å²) in [5.74, 6) is -1.45. The number of carboxylic acid groups (broad SMARTS) is 1. The number of anilines is 1. The van der Waals surface area contributed by atoms with Gasteiger partial charge in [-0.15, -0.1) is 0 Å². The highest BCUT2D eigenvalue weighted by Gasteiger charge is 2.26. The second-order valence-corrected chi connectivity index (χ2v) is 4.86. The van der Waals surface area contributed by atoms with Crippen molar-refractivity contribution < 1.29 is 19.5 Å². The number of amides is 2. The van der Waals surface area contributed by atoms with E-state index in [1.807, 2.05) is 13.0 Å². The van der Waals surface area contributed by atoms with Crippen LogP contribution in [0, 0.1) is 6.92 Å². The minimum atomic E-state index is -0.876. The Morgan fingerprint density at radius 2 is 2.20 bits per heavy atom. The molecule has 106 valence electrons. The zero-order chi connectivity index (χ0) is 14.7. The molecule has 1 atom stereocenters. The van der Waals surface area contributed by atoms with Crippen LogP contribution in [0.2, 0.25) is 0 Å². The zero-order valence-corrected chi connectivity index (χ0v) is 11.1. The molecule has 0 saturated carbocycles. The summed E-state index contributed by atoms with van der Waals surface area (Å²) in [5.41, 5.74) is 2.34. The molecule has 20 heavy (non-hydrogen) atoms. The Morgan fingerprint density at radius 3 is 2.80 bits per heavy atom. The van der Waals surface area contributed by atoms with Gasteiger partial charge < -0.3 is 10.4 Å². The van der Waals surface area contributed by atoms with Crippen LogP contribution in [0.4, 0.5) is 5.69 Å². The molecule has 3 N–H and O–H groups in total. The molecule has 1 saturated heterocycles. The fourth-order valence-electron chi connectivity index (χ4n) is 2.18. The summed E-state index contributed by atoms with van der Waals surface area (Å²) in [6, 6.07) is 4.85. The van der Waals surface area contributed by atoms with Gasteiger partial charge in [0.2, 0.25) is 11.8 Å². The quantitative estimate of drug-likeness (QED) is 0.708. The van der Waals surface area contributed by atoms with E-state index in [0.29, 0.717) is 12.8 Å². The molecule has 0 aliphatic carbocycles. The van der Waals surface area contributed by atoms with E-state index >= 15 is 0 Å². The van der Waals surface area contributed by atoms with Gasteiger partial charge >= 0.3 is 5.97 Å². The summed E-state index contributed by atoms with van der Waals surface area (Å²) in [6.45, 7) is 1.83. The van der Waals surface area contributed by atoms with Crippen molar-refractivity contribution in [3.63, 3.8) is 0 Å². The van der Waals surface area contributed by atoms with Gasteiger partial charge in [0.15, 0.2) is 0 Å². The lowest BCUT2D eigenvalue weighted by atomic mass is 10.0. The van der Waals surface area contributed by atoms with Crippen LogP contribution in [0.25, 0.3) is 0 Å². The third-order valence-corrected chi connectivity index (χ3v) is 3.26. The maximum absolute atomic E-state index is 11.6. The van der Waals surface area contributed by atoms with E-state index in [9.17, 15) is 14.4 Å². The van der Waals surface area contributed by atoms with Crippen LogP contribution in [-0.4, -0.2) is 28.9 Å². The molecule has 6 nitrogen and oxygen atoms in total.